The molecular formula is C34H44N6O4. The van der Waals surface area contributed by atoms with E-state index in [2.05, 4.69) is 51.5 Å². The van der Waals surface area contributed by atoms with Gasteiger partial charge >= 0.3 is 6.03 Å². The number of carbonyl (C=O) groups is 2. The van der Waals surface area contributed by atoms with Gasteiger partial charge in [-0.2, -0.15) is 0 Å². The van der Waals surface area contributed by atoms with Crippen LogP contribution >= 0.6 is 0 Å². The Bertz CT molecular complexity index is 1570. The molecule has 2 atom stereocenters. The first-order valence-electron chi connectivity index (χ1n) is 15.4. The van der Waals surface area contributed by atoms with Crippen LogP contribution in [0.25, 0.3) is 10.9 Å². The van der Waals surface area contributed by atoms with Crippen molar-refractivity contribution in [2.45, 2.75) is 71.4 Å². The molecule has 0 radical (unpaired) electrons. The Kier molecular flexibility index (Phi) is 10.0. The van der Waals surface area contributed by atoms with Gasteiger partial charge in [-0.3, -0.25) is 4.79 Å². The van der Waals surface area contributed by atoms with Gasteiger partial charge in [-0.05, 0) is 75.8 Å². The number of anilines is 2. The van der Waals surface area contributed by atoms with E-state index in [1.165, 1.54) is 22.2 Å². The Hall–Kier alpha value is -4.15. The number of aryl methyl sites for hydroxylation is 4. The number of methoxy groups -OCH3 is 1. The SMILES string of the molecule is COCCCn1c(C2CCCN(C(=O)CC(N)Cc3ccc(NC(=O)Nc4c(C)noc4C)cc3)C2)c(C)c2ccccc21. The first kappa shape index (κ1) is 31.3. The van der Waals surface area contributed by atoms with Crippen molar-refractivity contribution < 1.29 is 18.8 Å². The molecule has 4 N–H and O–H groups in total. The summed E-state index contributed by atoms with van der Waals surface area (Å²) in [7, 11) is 1.74. The van der Waals surface area contributed by atoms with E-state index in [9.17, 15) is 9.59 Å². The molecule has 4 aromatic rings. The lowest BCUT2D eigenvalue weighted by Gasteiger charge is -2.34. The average molecular weight is 601 g/mol. The number of nitrogens with zero attached hydrogens (tertiary/aromatic N) is 3. The van der Waals surface area contributed by atoms with Crippen LogP contribution in [0, 0.1) is 20.8 Å². The van der Waals surface area contributed by atoms with Crippen molar-refractivity contribution in [1.82, 2.24) is 14.6 Å². The highest BCUT2D eigenvalue weighted by atomic mass is 16.5. The van der Waals surface area contributed by atoms with E-state index in [1.54, 1.807) is 21.0 Å². The number of nitrogens with two attached hydrogens (primary N) is 1. The summed E-state index contributed by atoms with van der Waals surface area (Å²) in [6.07, 6.45) is 3.85. The molecule has 0 spiro atoms. The highest BCUT2D eigenvalue weighted by Crippen LogP contribution is 2.36. The van der Waals surface area contributed by atoms with Crippen LogP contribution in [0.15, 0.2) is 53.1 Å². The van der Waals surface area contributed by atoms with Crippen LogP contribution in [-0.2, 0) is 22.5 Å². The van der Waals surface area contributed by atoms with E-state index in [1.807, 2.05) is 29.2 Å². The normalized spacial score (nSPS) is 15.8. The number of amides is 3. The Morgan fingerprint density at radius 1 is 1.11 bits per heavy atom. The Balaban J connectivity index is 1.17. The molecule has 44 heavy (non-hydrogen) atoms. The van der Waals surface area contributed by atoms with Crippen LogP contribution < -0.4 is 16.4 Å². The number of rotatable bonds is 11. The van der Waals surface area contributed by atoms with E-state index in [4.69, 9.17) is 15.0 Å². The lowest BCUT2D eigenvalue weighted by atomic mass is 9.91. The quantitative estimate of drug-likeness (QED) is 0.184. The summed E-state index contributed by atoms with van der Waals surface area (Å²) >= 11 is 0. The molecule has 3 amide bonds. The Morgan fingerprint density at radius 2 is 1.89 bits per heavy atom. The van der Waals surface area contributed by atoms with Crippen LogP contribution in [0.1, 0.15) is 59.9 Å². The summed E-state index contributed by atoms with van der Waals surface area (Å²) in [6, 6.07) is 15.4. The van der Waals surface area contributed by atoms with Crippen LogP contribution in [0.4, 0.5) is 16.2 Å². The number of aromatic nitrogens is 2. The average Bonchev–Trinajstić information content (AvgIpc) is 3.48. The predicted molar refractivity (Wildman–Crippen MR) is 173 cm³/mol. The number of ether oxygens (including phenoxy) is 1. The fourth-order valence-corrected chi connectivity index (χ4v) is 6.45. The van der Waals surface area contributed by atoms with Gasteiger partial charge in [0, 0.05) is 74.0 Å². The summed E-state index contributed by atoms with van der Waals surface area (Å²) in [5, 5.41) is 10.7. The van der Waals surface area contributed by atoms with Gasteiger partial charge < -0.3 is 35.1 Å². The highest BCUT2D eigenvalue weighted by Gasteiger charge is 2.29. The molecule has 0 bridgehead atoms. The Labute approximate surface area is 258 Å². The summed E-state index contributed by atoms with van der Waals surface area (Å²) in [6.45, 7) is 8.82. The maximum absolute atomic E-state index is 13.4. The van der Waals surface area contributed by atoms with Crippen molar-refractivity contribution in [3.8, 4) is 0 Å². The third-order valence-electron chi connectivity index (χ3n) is 8.58. The van der Waals surface area contributed by atoms with Crippen molar-refractivity contribution in [1.29, 1.82) is 0 Å². The van der Waals surface area contributed by atoms with Crippen molar-refractivity contribution in [2.75, 3.05) is 37.4 Å². The van der Waals surface area contributed by atoms with E-state index < -0.39 is 0 Å². The minimum absolute atomic E-state index is 0.108. The lowest BCUT2D eigenvalue weighted by molar-refractivity contribution is -0.132. The van der Waals surface area contributed by atoms with Gasteiger partial charge in [0.15, 0.2) is 5.76 Å². The number of hydrogen-bond donors (Lipinski definition) is 3. The fourth-order valence-electron chi connectivity index (χ4n) is 6.45. The minimum Gasteiger partial charge on any atom is -0.385 e. The second kappa shape index (κ2) is 14.1. The van der Waals surface area contributed by atoms with Gasteiger partial charge in [-0.1, -0.05) is 35.5 Å². The Morgan fingerprint density at radius 3 is 2.61 bits per heavy atom. The third-order valence-corrected chi connectivity index (χ3v) is 8.58. The number of para-hydroxylation sites is 1. The van der Waals surface area contributed by atoms with Crippen molar-refractivity contribution in [3.63, 3.8) is 0 Å². The van der Waals surface area contributed by atoms with Gasteiger partial charge in [0.05, 0.1) is 0 Å². The largest absolute Gasteiger partial charge is 0.385 e. The number of hydrogen-bond acceptors (Lipinski definition) is 6. The maximum atomic E-state index is 13.4. The van der Waals surface area contributed by atoms with E-state index in [0.29, 0.717) is 42.2 Å². The zero-order chi connectivity index (χ0) is 31.2. The molecule has 0 saturated carbocycles. The third kappa shape index (κ3) is 7.14. The zero-order valence-electron chi connectivity index (χ0n) is 26.2. The van der Waals surface area contributed by atoms with Crippen LogP contribution in [-0.4, -0.2) is 59.4 Å². The molecular weight excluding hydrogens is 556 g/mol. The standard InChI is InChI=1S/C34H44N6O4/c1-22-29-10-5-6-11-30(29)40(17-8-18-43-4)33(22)26-9-7-16-39(21-26)31(41)20-27(35)19-25-12-14-28(15-13-25)36-34(42)37-32-23(2)38-44-24(32)3/h5-6,10-15,26-27H,7-9,16-21,35H2,1-4H3,(H2,36,37,42). The summed E-state index contributed by atoms with van der Waals surface area (Å²) < 4.78 is 12.9. The number of urea groups is 1. The van der Waals surface area contributed by atoms with Crippen molar-refractivity contribution in [3.05, 3.63) is 76.8 Å². The van der Waals surface area contributed by atoms with Crippen molar-refractivity contribution >= 4 is 34.2 Å². The molecule has 1 fully saturated rings. The second-order valence-corrected chi connectivity index (χ2v) is 11.8. The number of carbonyl (C=O) groups excluding carboxylic acids is 2. The van der Waals surface area contributed by atoms with E-state index >= 15 is 0 Å². The first-order valence-corrected chi connectivity index (χ1v) is 15.4. The maximum Gasteiger partial charge on any atom is 0.323 e. The van der Waals surface area contributed by atoms with Gasteiger partial charge in [-0.15, -0.1) is 0 Å². The minimum atomic E-state index is -0.375. The molecule has 1 saturated heterocycles. The fraction of sp³-hybridized carbons (Fsp3) is 0.441. The molecule has 2 unspecified atom stereocenters. The molecule has 3 heterocycles. The lowest BCUT2D eigenvalue weighted by Crippen LogP contribution is -2.42. The van der Waals surface area contributed by atoms with Crippen molar-refractivity contribution in [2.24, 2.45) is 5.73 Å². The first-order chi connectivity index (χ1) is 21.2. The van der Waals surface area contributed by atoms with E-state index in [-0.39, 0.29) is 23.9 Å². The molecule has 10 nitrogen and oxygen atoms in total. The van der Waals surface area contributed by atoms with Gasteiger partial charge in [0.1, 0.15) is 11.4 Å². The zero-order valence-corrected chi connectivity index (χ0v) is 26.2. The van der Waals surface area contributed by atoms with Gasteiger partial charge in [0.25, 0.3) is 0 Å². The number of likely N-dealkylation sites (tertiary alicyclic amines) is 1. The summed E-state index contributed by atoms with van der Waals surface area (Å²) in [4.78, 5) is 27.9. The molecule has 2 aromatic heterocycles. The molecule has 2 aromatic carbocycles. The van der Waals surface area contributed by atoms with Gasteiger partial charge in [-0.25, -0.2) is 4.79 Å². The monoisotopic (exact) mass is 600 g/mol. The molecule has 1 aliphatic heterocycles. The number of piperidine rings is 1. The molecule has 0 aliphatic carbocycles. The van der Waals surface area contributed by atoms with Crippen LogP contribution in [0.5, 0.6) is 0 Å². The summed E-state index contributed by atoms with van der Waals surface area (Å²) in [5.74, 6) is 0.942. The highest BCUT2D eigenvalue weighted by molar-refractivity contribution is 6.00. The molecule has 10 heteroatoms. The number of fused-ring (bicyclic) bond motifs is 1. The second-order valence-electron chi connectivity index (χ2n) is 11.8. The summed E-state index contributed by atoms with van der Waals surface area (Å²) in [5.41, 5.74) is 13.2. The molecule has 5 rings (SSSR count). The number of benzene rings is 2. The predicted octanol–water partition coefficient (Wildman–Crippen LogP) is 5.90. The van der Waals surface area contributed by atoms with Gasteiger partial charge in [0.2, 0.25) is 5.91 Å². The number of nitrogens with one attached hydrogen (secondary N) is 2. The smallest absolute Gasteiger partial charge is 0.323 e. The van der Waals surface area contributed by atoms with Crippen LogP contribution in [0.3, 0.4) is 0 Å². The van der Waals surface area contributed by atoms with E-state index in [0.717, 1.165) is 44.5 Å². The van der Waals surface area contributed by atoms with Crippen LogP contribution in [0.2, 0.25) is 0 Å². The molecule has 1 aliphatic rings. The molecule has 234 valence electrons. The topological polar surface area (TPSA) is 128 Å².